The van der Waals surface area contributed by atoms with Gasteiger partial charge in [0.05, 0.1) is 5.69 Å². The first-order valence-electron chi connectivity index (χ1n) is 8.01. The molecule has 0 aliphatic rings. The summed E-state index contributed by atoms with van der Waals surface area (Å²) in [5.41, 5.74) is 18.3. The molecule has 4 aromatic rings. The largest absolute Gasteiger partial charge is 0.410 e. The standard InChI is InChI=1S/C18H11FN6O3S/c19-8-3-1-7(2-4-8)11-5-10(25-28-11)12-9(6-20)15(22)24-16-13(12)14(21)17(29-16)27-18(23)26/h1-5H,21H2,(H2,22,24)(H2,23,26). The maximum atomic E-state index is 13.2. The first-order valence-corrected chi connectivity index (χ1v) is 8.82. The third-order valence-corrected chi connectivity index (χ3v) is 5.05. The van der Waals surface area contributed by atoms with E-state index in [-0.39, 0.29) is 33.4 Å². The van der Waals surface area contributed by atoms with Crippen LogP contribution in [0.2, 0.25) is 0 Å². The molecule has 0 aliphatic heterocycles. The quantitative estimate of drug-likeness (QED) is 0.462. The van der Waals surface area contributed by atoms with Gasteiger partial charge in [0.25, 0.3) is 0 Å². The number of benzene rings is 1. The minimum atomic E-state index is -1.04. The number of fused-ring (bicyclic) bond motifs is 1. The van der Waals surface area contributed by atoms with Gasteiger partial charge in [-0.05, 0) is 24.3 Å². The van der Waals surface area contributed by atoms with Crippen molar-refractivity contribution in [3.05, 3.63) is 41.7 Å². The normalized spacial score (nSPS) is 10.8. The highest BCUT2D eigenvalue weighted by molar-refractivity contribution is 7.21. The molecule has 3 heterocycles. The number of hydrogen-bond acceptors (Lipinski definition) is 9. The molecule has 11 heteroatoms. The average molecular weight is 410 g/mol. The number of nitrogens with zero attached hydrogens (tertiary/aromatic N) is 3. The van der Waals surface area contributed by atoms with Crippen molar-refractivity contribution >= 4 is 39.2 Å². The predicted octanol–water partition coefficient (Wildman–Crippen LogP) is 3.25. The Balaban J connectivity index is 1.95. The van der Waals surface area contributed by atoms with E-state index in [0.717, 1.165) is 11.3 Å². The van der Waals surface area contributed by atoms with Gasteiger partial charge in [0, 0.05) is 22.6 Å². The molecule has 0 radical (unpaired) electrons. The molecule has 0 unspecified atom stereocenters. The van der Waals surface area contributed by atoms with Gasteiger partial charge in [-0.3, -0.25) is 0 Å². The number of nitrogen functional groups attached to an aromatic ring is 2. The second-order valence-corrected chi connectivity index (χ2v) is 6.81. The molecular weight excluding hydrogens is 399 g/mol. The molecular formula is C18H11FN6O3S. The smallest absolute Gasteiger partial charge is 0.397 e. The minimum absolute atomic E-state index is 0.0259. The number of halogens is 1. The number of nitrogens with two attached hydrogens (primary N) is 3. The van der Waals surface area contributed by atoms with Crippen molar-refractivity contribution in [1.82, 2.24) is 10.1 Å². The zero-order valence-corrected chi connectivity index (χ0v) is 15.3. The predicted molar refractivity (Wildman–Crippen MR) is 104 cm³/mol. The maximum absolute atomic E-state index is 13.2. The number of anilines is 2. The number of primary amides is 1. The summed E-state index contributed by atoms with van der Waals surface area (Å²) in [5, 5.41) is 14.0. The number of carbonyl (C=O) groups excluding carboxylic acids is 1. The summed E-state index contributed by atoms with van der Waals surface area (Å²) in [4.78, 5) is 15.6. The Hall–Kier alpha value is -4.17. The van der Waals surface area contributed by atoms with Crippen LogP contribution in [0.5, 0.6) is 5.06 Å². The monoisotopic (exact) mass is 410 g/mol. The van der Waals surface area contributed by atoms with E-state index in [2.05, 4.69) is 10.1 Å². The van der Waals surface area contributed by atoms with Crippen molar-refractivity contribution in [1.29, 1.82) is 5.26 Å². The first kappa shape index (κ1) is 18.2. The van der Waals surface area contributed by atoms with Crippen molar-refractivity contribution < 1.29 is 18.4 Å². The highest BCUT2D eigenvalue weighted by Crippen LogP contribution is 2.46. The maximum Gasteiger partial charge on any atom is 0.410 e. The van der Waals surface area contributed by atoms with Crippen LogP contribution in [0.1, 0.15) is 5.56 Å². The lowest BCUT2D eigenvalue weighted by Gasteiger charge is -2.06. The van der Waals surface area contributed by atoms with Crippen LogP contribution in [0, 0.1) is 17.1 Å². The number of rotatable bonds is 3. The van der Waals surface area contributed by atoms with Gasteiger partial charge in [-0.2, -0.15) is 5.26 Å². The Morgan fingerprint density at radius 1 is 1.28 bits per heavy atom. The number of aromatic nitrogens is 2. The lowest BCUT2D eigenvalue weighted by molar-refractivity contribution is 0.212. The Kier molecular flexibility index (Phi) is 4.25. The summed E-state index contributed by atoms with van der Waals surface area (Å²) in [7, 11) is 0. The van der Waals surface area contributed by atoms with Gasteiger partial charge in [-0.15, -0.1) is 0 Å². The lowest BCUT2D eigenvalue weighted by atomic mass is 10.0. The fourth-order valence-electron chi connectivity index (χ4n) is 2.83. The molecule has 0 atom stereocenters. The molecule has 4 rings (SSSR count). The molecule has 3 aromatic heterocycles. The number of ether oxygens (including phenoxy) is 1. The van der Waals surface area contributed by atoms with E-state index in [0.29, 0.717) is 21.5 Å². The third kappa shape index (κ3) is 3.07. The van der Waals surface area contributed by atoms with Gasteiger partial charge in [0.1, 0.15) is 33.8 Å². The van der Waals surface area contributed by atoms with E-state index < -0.39 is 11.9 Å². The van der Waals surface area contributed by atoms with Crippen LogP contribution in [0.4, 0.5) is 20.7 Å². The fourth-order valence-corrected chi connectivity index (χ4v) is 3.80. The lowest BCUT2D eigenvalue weighted by Crippen LogP contribution is -2.16. The zero-order chi connectivity index (χ0) is 20.7. The molecule has 0 bridgehead atoms. The molecule has 0 saturated carbocycles. The van der Waals surface area contributed by atoms with Crippen molar-refractivity contribution in [3.63, 3.8) is 0 Å². The molecule has 0 spiro atoms. The summed E-state index contributed by atoms with van der Waals surface area (Å²) in [6.45, 7) is 0. The second-order valence-electron chi connectivity index (χ2n) is 5.85. The van der Waals surface area contributed by atoms with Crippen LogP contribution in [-0.4, -0.2) is 16.2 Å². The molecule has 0 fully saturated rings. The van der Waals surface area contributed by atoms with Crippen LogP contribution in [0.3, 0.4) is 0 Å². The Morgan fingerprint density at radius 2 is 2.00 bits per heavy atom. The topological polar surface area (TPSA) is 167 Å². The van der Waals surface area contributed by atoms with Gasteiger partial charge < -0.3 is 26.5 Å². The molecule has 1 amide bonds. The van der Waals surface area contributed by atoms with Gasteiger partial charge in [0.2, 0.25) is 5.06 Å². The summed E-state index contributed by atoms with van der Waals surface area (Å²) < 4.78 is 23.4. The van der Waals surface area contributed by atoms with E-state index in [1.54, 1.807) is 6.07 Å². The molecule has 9 nitrogen and oxygen atoms in total. The molecule has 0 aliphatic carbocycles. The molecule has 0 saturated heterocycles. The third-order valence-electron chi connectivity index (χ3n) is 4.07. The number of thiophene rings is 1. The van der Waals surface area contributed by atoms with E-state index in [9.17, 15) is 14.4 Å². The van der Waals surface area contributed by atoms with Gasteiger partial charge >= 0.3 is 6.09 Å². The van der Waals surface area contributed by atoms with Crippen molar-refractivity contribution in [3.8, 4) is 33.7 Å². The Morgan fingerprint density at radius 3 is 2.66 bits per heavy atom. The molecule has 6 N–H and O–H groups in total. The van der Waals surface area contributed by atoms with Gasteiger partial charge in [0.15, 0.2) is 5.76 Å². The molecule has 144 valence electrons. The molecule has 29 heavy (non-hydrogen) atoms. The van der Waals surface area contributed by atoms with Crippen LogP contribution in [-0.2, 0) is 0 Å². The van der Waals surface area contributed by atoms with Crippen LogP contribution in [0.15, 0.2) is 34.9 Å². The van der Waals surface area contributed by atoms with Crippen LogP contribution < -0.4 is 21.9 Å². The van der Waals surface area contributed by atoms with E-state index >= 15 is 0 Å². The van der Waals surface area contributed by atoms with E-state index in [1.807, 2.05) is 6.07 Å². The second kappa shape index (κ2) is 6.77. The summed E-state index contributed by atoms with van der Waals surface area (Å²) in [6.07, 6.45) is -1.04. The van der Waals surface area contributed by atoms with Crippen molar-refractivity contribution in [2.45, 2.75) is 0 Å². The van der Waals surface area contributed by atoms with Crippen molar-refractivity contribution in [2.24, 2.45) is 5.73 Å². The summed E-state index contributed by atoms with van der Waals surface area (Å²) in [6, 6.07) is 9.17. The van der Waals surface area contributed by atoms with E-state index in [1.165, 1.54) is 24.3 Å². The van der Waals surface area contributed by atoms with Crippen molar-refractivity contribution in [2.75, 3.05) is 11.5 Å². The number of carbonyl (C=O) groups is 1. The van der Waals surface area contributed by atoms with Crippen LogP contribution in [0.25, 0.3) is 32.8 Å². The zero-order valence-electron chi connectivity index (χ0n) is 14.5. The highest BCUT2D eigenvalue weighted by Gasteiger charge is 2.25. The van der Waals surface area contributed by atoms with Crippen LogP contribution >= 0.6 is 11.3 Å². The fraction of sp³-hybridized carbons (Fsp3) is 0. The average Bonchev–Trinajstić information content (AvgIpc) is 3.27. The van der Waals surface area contributed by atoms with Gasteiger partial charge in [-0.25, -0.2) is 14.2 Å². The number of pyridine rings is 1. The Labute approximate surface area is 166 Å². The molecule has 1 aromatic carbocycles. The summed E-state index contributed by atoms with van der Waals surface area (Å²) in [5.74, 6) is -0.0973. The Bertz CT molecular complexity index is 1310. The number of hydrogen-bond donors (Lipinski definition) is 3. The minimum Gasteiger partial charge on any atom is -0.397 e. The SMILES string of the molecule is N#Cc1c(N)nc2sc(OC(N)=O)c(N)c2c1-c1cc(-c2ccc(F)cc2)on1. The number of amides is 1. The first-order chi connectivity index (χ1) is 13.9. The number of nitriles is 1. The summed E-state index contributed by atoms with van der Waals surface area (Å²) >= 11 is 0.951. The highest BCUT2D eigenvalue weighted by atomic mass is 32.1. The van der Waals surface area contributed by atoms with Gasteiger partial charge in [-0.1, -0.05) is 16.5 Å². The van der Waals surface area contributed by atoms with E-state index in [4.69, 9.17) is 26.5 Å².